The van der Waals surface area contributed by atoms with Gasteiger partial charge in [0.25, 0.3) is 0 Å². The third-order valence-electron chi connectivity index (χ3n) is 5.72. The number of fused-ring (bicyclic) bond motifs is 1. The molecular weight excluding hydrogens is 396 g/mol. The molecular formula is C24H34N2O3S. The Morgan fingerprint density at radius 2 is 1.97 bits per heavy atom. The number of nitrogens with one attached hydrogen (secondary N) is 1. The molecule has 1 aliphatic rings. The molecule has 164 valence electrons. The van der Waals surface area contributed by atoms with E-state index in [0.717, 1.165) is 25.2 Å². The van der Waals surface area contributed by atoms with Crippen LogP contribution in [0.2, 0.25) is 0 Å². The molecule has 1 fully saturated rings. The highest BCUT2D eigenvalue weighted by Crippen LogP contribution is 2.38. The van der Waals surface area contributed by atoms with Crippen LogP contribution in [-0.2, 0) is 14.3 Å². The third kappa shape index (κ3) is 5.61. The van der Waals surface area contributed by atoms with Gasteiger partial charge in [0.2, 0.25) is 5.91 Å². The Balaban J connectivity index is 1.68. The largest absolute Gasteiger partial charge is 0.465 e. The van der Waals surface area contributed by atoms with Crippen LogP contribution in [0.15, 0.2) is 23.6 Å². The van der Waals surface area contributed by atoms with Gasteiger partial charge >= 0.3 is 5.97 Å². The summed E-state index contributed by atoms with van der Waals surface area (Å²) in [4.78, 5) is 27.0. The Morgan fingerprint density at radius 1 is 1.23 bits per heavy atom. The van der Waals surface area contributed by atoms with E-state index in [1.165, 1.54) is 35.0 Å². The zero-order valence-electron chi connectivity index (χ0n) is 18.6. The molecule has 1 amide bonds. The molecule has 1 aromatic carbocycles. The quantitative estimate of drug-likeness (QED) is 0.458. The lowest BCUT2D eigenvalue weighted by Crippen LogP contribution is -2.35. The zero-order valence-corrected chi connectivity index (χ0v) is 19.4. The highest BCUT2D eigenvalue weighted by molar-refractivity contribution is 7.17. The van der Waals surface area contributed by atoms with Crippen LogP contribution >= 0.6 is 11.3 Å². The summed E-state index contributed by atoms with van der Waals surface area (Å²) >= 11 is 1.77. The summed E-state index contributed by atoms with van der Waals surface area (Å²) in [6, 6.07) is 6.03. The lowest BCUT2D eigenvalue weighted by Gasteiger charge is -2.33. The van der Waals surface area contributed by atoms with E-state index in [2.05, 4.69) is 41.6 Å². The van der Waals surface area contributed by atoms with Gasteiger partial charge in [0.1, 0.15) is 5.92 Å². The summed E-state index contributed by atoms with van der Waals surface area (Å²) in [6.45, 7) is 11.9. The lowest BCUT2D eigenvalue weighted by atomic mass is 9.89. The Labute approximate surface area is 183 Å². The molecule has 0 spiro atoms. The summed E-state index contributed by atoms with van der Waals surface area (Å²) in [5.41, 5.74) is 2.13. The van der Waals surface area contributed by atoms with Crippen LogP contribution in [0.3, 0.4) is 0 Å². The highest BCUT2D eigenvalue weighted by Gasteiger charge is 2.25. The van der Waals surface area contributed by atoms with E-state index in [-0.39, 0.29) is 5.91 Å². The predicted molar refractivity (Wildman–Crippen MR) is 124 cm³/mol. The minimum Gasteiger partial charge on any atom is -0.465 e. The molecule has 0 bridgehead atoms. The van der Waals surface area contributed by atoms with E-state index in [1.807, 2.05) is 13.0 Å². The van der Waals surface area contributed by atoms with Gasteiger partial charge < -0.3 is 15.0 Å². The van der Waals surface area contributed by atoms with Crippen molar-refractivity contribution < 1.29 is 14.3 Å². The van der Waals surface area contributed by atoms with Crippen LogP contribution in [0.4, 0.5) is 5.69 Å². The van der Waals surface area contributed by atoms with E-state index in [4.69, 9.17) is 4.74 Å². The molecule has 0 radical (unpaired) electrons. The van der Waals surface area contributed by atoms with Crippen LogP contribution in [-0.4, -0.2) is 43.0 Å². The fraction of sp³-hybridized carbons (Fsp3) is 0.583. The number of hydrogen-bond acceptors (Lipinski definition) is 5. The van der Waals surface area contributed by atoms with Crippen molar-refractivity contribution >= 4 is 39.0 Å². The molecule has 0 aliphatic carbocycles. The van der Waals surface area contributed by atoms with Crippen molar-refractivity contribution in [2.45, 2.75) is 52.9 Å². The third-order valence-corrected chi connectivity index (χ3v) is 6.70. The van der Waals surface area contributed by atoms with E-state index < -0.39 is 11.9 Å². The maximum Gasteiger partial charge on any atom is 0.318 e. The average Bonchev–Trinajstić information content (AvgIpc) is 3.14. The Morgan fingerprint density at radius 3 is 2.63 bits per heavy atom. The van der Waals surface area contributed by atoms with Gasteiger partial charge in [-0.05, 0) is 85.6 Å². The molecule has 30 heavy (non-hydrogen) atoms. The minimum absolute atomic E-state index is 0.325. The van der Waals surface area contributed by atoms with Crippen molar-refractivity contribution in [2.75, 3.05) is 31.6 Å². The van der Waals surface area contributed by atoms with Gasteiger partial charge in [-0.25, -0.2) is 0 Å². The number of benzene rings is 1. The second-order valence-electron chi connectivity index (χ2n) is 8.75. The molecule has 1 aromatic heterocycles. The van der Waals surface area contributed by atoms with Gasteiger partial charge in [0.05, 0.1) is 6.61 Å². The van der Waals surface area contributed by atoms with Crippen molar-refractivity contribution in [3.8, 4) is 0 Å². The number of piperidine rings is 1. The molecule has 5 nitrogen and oxygen atoms in total. The number of hydrogen-bond donors (Lipinski definition) is 1. The molecule has 6 heteroatoms. The Kier molecular flexibility index (Phi) is 7.89. The minimum atomic E-state index is -0.820. The number of rotatable bonds is 8. The summed E-state index contributed by atoms with van der Waals surface area (Å²) in [5, 5.41) is 6.40. The van der Waals surface area contributed by atoms with Gasteiger partial charge in [0, 0.05) is 16.9 Å². The van der Waals surface area contributed by atoms with Crippen LogP contribution in [0, 0.1) is 11.8 Å². The highest BCUT2D eigenvalue weighted by atomic mass is 32.1. The van der Waals surface area contributed by atoms with E-state index in [1.54, 1.807) is 18.3 Å². The van der Waals surface area contributed by atoms with Crippen molar-refractivity contribution in [1.82, 2.24) is 4.90 Å². The van der Waals surface area contributed by atoms with Crippen LogP contribution in [0.1, 0.15) is 58.4 Å². The summed E-state index contributed by atoms with van der Waals surface area (Å²) in [7, 11) is 0. The predicted octanol–water partition coefficient (Wildman–Crippen LogP) is 5.26. The summed E-state index contributed by atoms with van der Waals surface area (Å²) in [6.07, 6.45) is 3.10. The molecule has 2 aromatic rings. The SMILES string of the molecule is CCCOC(=O)C(C)C(=O)Nc1ccc2scc(C3CCN(CC(C)C)CC3)c2c1. The van der Waals surface area contributed by atoms with E-state index >= 15 is 0 Å². The number of ether oxygens (including phenoxy) is 1. The number of carbonyl (C=O) groups excluding carboxylic acids is 2. The fourth-order valence-electron chi connectivity index (χ4n) is 4.07. The van der Waals surface area contributed by atoms with Crippen LogP contribution < -0.4 is 5.32 Å². The molecule has 0 saturated carbocycles. The fourth-order valence-corrected chi connectivity index (χ4v) is 5.09. The van der Waals surface area contributed by atoms with E-state index in [0.29, 0.717) is 18.4 Å². The average molecular weight is 431 g/mol. The molecule has 1 aliphatic heterocycles. The van der Waals surface area contributed by atoms with Gasteiger partial charge in [0.15, 0.2) is 0 Å². The van der Waals surface area contributed by atoms with Gasteiger partial charge in [-0.2, -0.15) is 0 Å². The Bertz CT molecular complexity index is 868. The maximum absolute atomic E-state index is 12.5. The number of carbonyl (C=O) groups is 2. The number of thiophene rings is 1. The molecule has 3 rings (SSSR count). The van der Waals surface area contributed by atoms with E-state index in [9.17, 15) is 9.59 Å². The molecule has 1 saturated heterocycles. The van der Waals surface area contributed by atoms with Gasteiger partial charge in [-0.15, -0.1) is 11.3 Å². The molecule has 1 N–H and O–H groups in total. The number of esters is 1. The monoisotopic (exact) mass is 430 g/mol. The first-order chi connectivity index (χ1) is 14.4. The first kappa shape index (κ1) is 22.8. The number of likely N-dealkylation sites (tertiary alicyclic amines) is 1. The number of amides is 1. The normalized spacial score (nSPS) is 16.7. The van der Waals surface area contributed by atoms with Crippen molar-refractivity contribution in [1.29, 1.82) is 0 Å². The molecule has 1 unspecified atom stereocenters. The summed E-state index contributed by atoms with van der Waals surface area (Å²) < 4.78 is 6.34. The Hall–Kier alpha value is -1.92. The van der Waals surface area contributed by atoms with Crippen LogP contribution in [0.5, 0.6) is 0 Å². The maximum atomic E-state index is 12.5. The molecule has 1 atom stereocenters. The first-order valence-corrected chi connectivity index (χ1v) is 12.0. The number of nitrogens with zero attached hydrogens (tertiary/aromatic N) is 1. The topological polar surface area (TPSA) is 58.6 Å². The second-order valence-corrected chi connectivity index (χ2v) is 9.66. The van der Waals surface area contributed by atoms with Crippen molar-refractivity contribution in [2.24, 2.45) is 11.8 Å². The lowest BCUT2D eigenvalue weighted by molar-refractivity contribution is -0.150. The van der Waals surface area contributed by atoms with Crippen molar-refractivity contribution in [3.05, 3.63) is 29.1 Å². The second kappa shape index (κ2) is 10.4. The van der Waals surface area contributed by atoms with Crippen LogP contribution in [0.25, 0.3) is 10.1 Å². The first-order valence-electron chi connectivity index (χ1n) is 11.1. The molecule has 2 heterocycles. The zero-order chi connectivity index (χ0) is 21.7. The van der Waals surface area contributed by atoms with Gasteiger partial charge in [-0.1, -0.05) is 20.8 Å². The summed E-state index contributed by atoms with van der Waals surface area (Å²) in [5.74, 6) is -0.346. The van der Waals surface area contributed by atoms with Crippen molar-refractivity contribution in [3.63, 3.8) is 0 Å². The standard InChI is InChI=1S/C24H34N2O3S/c1-5-12-29-24(28)17(4)23(27)25-19-6-7-22-20(13-19)21(15-30-22)18-8-10-26(11-9-18)14-16(2)3/h6-7,13,15-18H,5,8-12,14H2,1-4H3,(H,25,27). The number of anilines is 1. The smallest absolute Gasteiger partial charge is 0.318 e. The van der Waals surface area contributed by atoms with Gasteiger partial charge in [-0.3, -0.25) is 9.59 Å².